The maximum atomic E-state index is 11.0. The van der Waals surface area contributed by atoms with E-state index in [1.807, 2.05) is 0 Å². The van der Waals surface area contributed by atoms with E-state index < -0.39 is 17.9 Å². The van der Waals surface area contributed by atoms with E-state index in [1.54, 1.807) is 6.92 Å². The van der Waals surface area contributed by atoms with Crippen molar-refractivity contribution < 1.29 is 19.1 Å². The summed E-state index contributed by atoms with van der Waals surface area (Å²) in [4.78, 5) is 21.8. The number of terminal acetylenes is 1. The lowest BCUT2D eigenvalue weighted by molar-refractivity contribution is -0.152. The van der Waals surface area contributed by atoms with Crippen molar-refractivity contribution in [1.82, 2.24) is 0 Å². The summed E-state index contributed by atoms with van der Waals surface area (Å²) < 4.78 is 9.00. The molecule has 0 spiro atoms. The van der Waals surface area contributed by atoms with E-state index >= 15 is 0 Å². The van der Waals surface area contributed by atoms with Crippen molar-refractivity contribution in [2.45, 2.75) is 13.3 Å². The highest BCUT2D eigenvalue weighted by Gasteiger charge is 2.18. The van der Waals surface area contributed by atoms with Gasteiger partial charge in [-0.3, -0.25) is 9.59 Å². The number of rotatable bonds is 4. The average molecular weight is 184 g/mol. The topological polar surface area (TPSA) is 52.6 Å². The van der Waals surface area contributed by atoms with Crippen molar-refractivity contribution in [3.8, 4) is 12.3 Å². The number of hydrogen-bond acceptors (Lipinski definition) is 4. The Balaban J connectivity index is 3.83. The lowest BCUT2D eigenvalue weighted by Gasteiger charge is -2.07. The van der Waals surface area contributed by atoms with E-state index in [1.165, 1.54) is 7.11 Å². The summed E-state index contributed by atoms with van der Waals surface area (Å²) in [6.45, 7) is 1.51. The van der Waals surface area contributed by atoms with Gasteiger partial charge in [-0.2, -0.15) is 0 Å². The molecular weight excluding hydrogens is 172 g/mol. The van der Waals surface area contributed by atoms with Gasteiger partial charge in [0.1, 0.15) is 0 Å². The monoisotopic (exact) mass is 184 g/mol. The lowest BCUT2D eigenvalue weighted by atomic mass is 10.1. The van der Waals surface area contributed by atoms with Gasteiger partial charge in [-0.25, -0.2) is 0 Å². The van der Waals surface area contributed by atoms with Crippen LogP contribution in [0, 0.1) is 18.3 Å². The molecule has 0 heterocycles. The van der Waals surface area contributed by atoms with E-state index in [2.05, 4.69) is 15.4 Å². The molecule has 1 unspecified atom stereocenters. The van der Waals surface area contributed by atoms with Gasteiger partial charge in [0.2, 0.25) is 0 Å². The molecule has 0 N–H and O–H groups in total. The van der Waals surface area contributed by atoms with Crippen LogP contribution in [0.2, 0.25) is 0 Å². The molecular formula is C9H12O4. The molecule has 0 radical (unpaired) electrons. The third kappa shape index (κ3) is 4.86. The van der Waals surface area contributed by atoms with Gasteiger partial charge in [-0.05, 0) is 0 Å². The lowest BCUT2D eigenvalue weighted by Crippen LogP contribution is -2.19. The average Bonchev–Trinajstić information content (AvgIpc) is 2.13. The Labute approximate surface area is 77.2 Å². The second-order valence-electron chi connectivity index (χ2n) is 2.49. The van der Waals surface area contributed by atoms with Crippen LogP contribution in [0.3, 0.4) is 0 Å². The fraction of sp³-hybridized carbons (Fsp3) is 0.556. The van der Waals surface area contributed by atoms with Gasteiger partial charge in [0.15, 0.2) is 6.61 Å². The van der Waals surface area contributed by atoms with Crippen LogP contribution in [0.4, 0.5) is 0 Å². The molecule has 0 aromatic rings. The molecule has 0 aromatic carbocycles. The van der Waals surface area contributed by atoms with Crippen LogP contribution in [0.15, 0.2) is 0 Å². The van der Waals surface area contributed by atoms with Gasteiger partial charge in [0.25, 0.3) is 0 Å². The van der Waals surface area contributed by atoms with Crippen molar-refractivity contribution in [1.29, 1.82) is 0 Å². The molecule has 4 nitrogen and oxygen atoms in total. The Morgan fingerprint density at radius 3 is 2.62 bits per heavy atom. The second kappa shape index (κ2) is 6.06. The van der Waals surface area contributed by atoms with E-state index in [4.69, 9.17) is 6.42 Å². The minimum atomic E-state index is -0.513. The number of hydrogen-bond donors (Lipinski definition) is 0. The largest absolute Gasteiger partial charge is 0.469 e. The number of carbonyl (C=O) groups is 2. The van der Waals surface area contributed by atoms with Crippen LogP contribution in [0.1, 0.15) is 13.3 Å². The summed E-state index contributed by atoms with van der Waals surface area (Å²) >= 11 is 0. The zero-order valence-electron chi connectivity index (χ0n) is 7.70. The zero-order chi connectivity index (χ0) is 10.3. The van der Waals surface area contributed by atoms with E-state index in [-0.39, 0.29) is 13.0 Å². The smallest absolute Gasteiger partial charge is 0.310 e. The van der Waals surface area contributed by atoms with E-state index in [9.17, 15) is 9.59 Å². The maximum absolute atomic E-state index is 11.0. The van der Waals surface area contributed by atoms with Crippen molar-refractivity contribution in [3.63, 3.8) is 0 Å². The first-order valence-corrected chi connectivity index (χ1v) is 3.78. The van der Waals surface area contributed by atoms with Crippen molar-refractivity contribution in [2.24, 2.45) is 5.92 Å². The van der Waals surface area contributed by atoms with Crippen LogP contribution in [-0.4, -0.2) is 25.7 Å². The predicted molar refractivity (Wildman–Crippen MR) is 45.6 cm³/mol. The summed E-state index contributed by atoms with van der Waals surface area (Å²) in [5, 5.41) is 0. The van der Waals surface area contributed by atoms with Crippen LogP contribution in [0.5, 0.6) is 0 Å². The normalized spacial score (nSPS) is 11.2. The molecule has 0 aromatic heterocycles. The van der Waals surface area contributed by atoms with Crippen molar-refractivity contribution >= 4 is 11.9 Å². The van der Waals surface area contributed by atoms with Gasteiger partial charge in [0.05, 0.1) is 19.4 Å². The highest BCUT2D eigenvalue weighted by Crippen LogP contribution is 2.05. The molecule has 1 atom stereocenters. The number of ether oxygens (including phenoxy) is 2. The van der Waals surface area contributed by atoms with Crippen LogP contribution < -0.4 is 0 Å². The summed E-state index contributed by atoms with van der Waals surface area (Å²) in [5.41, 5.74) is 0. The predicted octanol–water partition coefficient (Wildman–Crippen LogP) is 0.362. The molecule has 4 heteroatoms. The summed E-state index contributed by atoms with van der Waals surface area (Å²) in [7, 11) is 1.27. The first-order valence-electron chi connectivity index (χ1n) is 3.78. The Morgan fingerprint density at radius 2 is 2.15 bits per heavy atom. The first-order chi connectivity index (χ1) is 6.11. The zero-order valence-corrected chi connectivity index (χ0v) is 7.70. The van der Waals surface area contributed by atoms with Crippen molar-refractivity contribution in [2.75, 3.05) is 13.7 Å². The number of carbonyl (C=O) groups excluding carboxylic acids is 2. The molecule has 0 aliphatic heterocycles. The SMILES string of the molecule is C#CCOC(=O)C(C)CC(=O)OC. The third-order valence-electron chi connectivity index (χ3n) is 1.40. The first kappa shape index (κ1) is 11.5. The summed E-state index contributed by atoms with van der Waals surface area (Å²) in [5.74, 6) is 0.726. The Hall–Kier alpha value is -1.50. The Kier molecular flexibility index (Phi) is 5.37. The fourth-order valence-corrected chi connectivity index (χ4v) is 0.672. The molecule has 0 saturated heterocycles. The molecule has 0 saturated carbocycles. The highest BCUT2D eigenvalue weighted by molar-refractivity contribution is 5.79. The standard InChI is InChI=1S/C9H12O4/c1-4-5-13-9(11)7(2)6-8(10)12-3/h1,7H,5-6H2,2-3H3. The van der Waals surface area contributed by atoms with Gasteiger partial charge < -0.3 is 9.47 Å². The van der Waals surface area contributed by atoms with Gasteiger partial charge >= 0.3 is 11.9 Å². The Morgan fingerprint density at radius 1 is 1.54 bits per heavy atom. The van der Waals surface area contributed by atoms with Crippen LogP contribution in [-0.2, 0) is 19.1 Å². The molecule has 0 aliphatic rings. The molecule has 0 rings (SSSR count). The quantitative estimate of drug-likeness (QED) is 0.467. The van der Waals surface area contributed by atoms with Crippen LogP contribution in [0.25, 0.3) is 0 Å². The number of esters is 2. The van der Waals surface area contributed by atoms with Gasteiger partial charge in [-0.15, -0.1) is 6.42 Å². The minimum Gasteiger partial charge on any atom is -0.469 e. The molecule has 0 aliphatic carbocycles. The Bertz CT molecular complexity index is 226. The molecule has 13 heavy (non-hydrogen) atoms. The molecule has 0 fully saturated rings. The molecule has 72 valence electrons. The van der Waals surface area contributed by atoms with Gasteiger partial charge in [-0.1, -0.05) is 12.8 Å². The van der Waals surface area contributed by atoms with Crippen molar-refractivity contribution in [3.05, 3.63) is 0 Å². The van der Waals surface area contributed by atoms with Crippen LogP contribution >= 0.6 is 0 Å². The third-order valence-corrected chi connectivity index (χ3v) is 1.40. The summed E-state index contributed by atoms with van der Waals surface area (Å²) in [6, 6.07) is 0. The van der Waals surface area contributed by atoms with E-state index in [0.717, 1.165) is 0 Å². The molecule has 0 amide bonds. The summed E-state index contributed by atoms with van der Waals surface area (Å²) in [6.07, 6.45) is 4.90. The van der Waals surface area contributed by atoms with Gasteiger partial charge in [0, 0.05) is 0 Å². The highest BCUT2D eigenvalue weighted by atomic mass is 16.5. The minimum absolute atomic E-state index is 0.0138. The number of methoxy groups -OCH3 is 1. The molecule has 0 bridgehead atoms. The second-order valence-corrected chi connectivity index (χ2v) is 2.49. The maximum Gasteiger partial charge on any atom is 0.310 e. The fourth-order valence-electron chi connectivity index (χ4n) is 0.672. The van der Waals surface area contributed by atoms with E-state index in [0.29, 0.717) is 0 Å².